The van der Waals surface area contributed by atoms with E-state index < -0.39 is 0 Å². The smallest absolute Gasteiger partial charge is 0.141 e. The van der Waals surface area contributed by atoms with Gasteiger partial charge >= 0.3 is 0 Å². The van der Waals surface area contributed by atoms with Gasteiger partial charge in [0.05, 0.1) is 18.5 Å². The van der Waals surface area contributed by atoms with E-state index in [-0.39, 0.29) is 5.75 Å². The quantitative estimate of drug-likeness (QED) is 0.883. The second kappa shape index (κ2) is 7.53. The van der Waals surface area contributed by atoms with Crippen molar-refractivity contribution in [3.05, 3.63) is 47.8 Å². The van der Waals surface area contributed by atoms with Gasteiger partial charge in [0.1, 0.15) is 11.5 Å². The maximum absolute atomic E-state index is 9.95. The number of nitrogens with zero attached hydrogens (tertiary/aromatic N) is 2. The number of aromatic nitrogens is 1. The molecule has 1 aromatic carbocycles. The zero-order valence-corrected chi connectivity index (χ0v) is 14.3. The van der Waals surface area contributed by atoms with Crippen molar-refractivity contribution in [2.75, 3.05) is 25.5 Å². The van der Waals surface area contributed by atoms with Crippen molar-refractivity contribution in [1.82, 2.24) is 9.88 Å². The van der Waals surface area contributed by atoms with E-state index in [2.05, 4.69) is 21.3 Å². The van der Waals surface area contributed by atoms with Gasteiger partial charge in [-0.1, -0.05) is 12.1 Å². The predicted molar refractivity (Wildman–Crippen MR) is 95.6 cm³/mol. The minimum Gasteiger partial charge on any atom is -0.506 e. The Morgan fingerprint density at radius 3 is 2.71 bits per heavy atom. The molecule has 0 bridgehead atoms. The average Bonchev–Trinajstić information content (AvgIpc) is 2.60. The normalized spacial score (nSPS) is 16.1. The highest BCUT2D eigenvalue weighted by molar-refractivity contribution is 5.56. The molecule has 5 heteroatoms. The molecule has 1 fully saturated rings. The summed E-state index contributed by atoms with van der Waals surface area (Å²) >= 11 is 0. The van der Waals surface area contributed by atoms with Gasteiger partial charge in [0.2, 0.25) is 0 Å². The van der Waals surface area contributed by atoms with Crippen LogP contribution in [0.4, 0.5) is 5.69 Å². The molecule has 1 saturated heterocycles. The number of hydrogen-bond acceptors (Lipinski definition) is 5. The minimum absolute atomic E-state index is 0.287. The summed E-state index contributed by atoms with van der Waals surface area (Å²) in [6.45, 7) is 4.63. The number of hydrogen-bond donors (Lipinski definition) is 2. The number of methoxy groups -OCH3 is 1. The molecule has 2 N–H and O–H groups in total. The van der Waals surface area contributed by atoms with Crippen molar-refractivity contribution in [2.45, 2.75) is 32.4 Å². The third-order valence-corrected chi connectivity index (χ3v) is 4.52. The van der Waals surface area contributed by atoms with Crippen LogP contribution in [0.3, 0.4) is 0 Å². The van der Waals surface area contributed by atoms with E-state index in [0.29, 0.717) is 12.6 Å². The fourth-order valence-corrected chi connectivity index (χ4v) is 3.15. The number of para-hydroxylation sites is 2. The lowest BCUT2D eigenvalue weighted by Gasteiger charge is -2.33. The molecule has 0 unspecified atom stereocenters. The van der Waals surface area contributed by atoms with Gasteiger partial charge in [-0.05, 0) is 44.0 Å². The molecule has 0 atom stereocenters. The zero-order chi connectivity index (χ0) is 16.9. The van der Waals surface area contributed by atoms with Crippen LogP contribution in [-0.2, 0) is 6.54 Å². The summed E-state index contributed by atoms with van der Waals surface area (Å²) in [6, 6.07) is 12.0. The van der Waals surface area contributed by atoms with Crippen LogP contribution in [0, 0.1) is 6.92 Å². The summed E-state index contributed by atoms with van der Waals surface area (Å²) in [6.07, 6.45) is 2.12. The van der Waals surface area contributed by atoms with E-state index in [1.165, 1.54) is 0 Å². The van der Waals surface area contributed by atoms with Gasteiger partial charge in [-0.3, -0.25) is 9.88 Å². The topological polar surface area (TPSA) is 57.6 Å². The number of ether oxygens (including phenoxy) is 1. The number of likely N-dealkylation sites (tertiary alicyclic amines) is 1. The van der Waals surface area contributed by atoms with Crippen molar-refractivity contribution in [3.8, 4) is 11.5 Å². The van der Waals surface area contributed by atoms with Gasteiger partial charge in [-0.2, -0.15) is 0 Å². The number of piperidine rings is 1. The monoisotopic (exact) mass is 327 g/mol. The van der Waals surface area contributed by atoms with Crippen LogP contribution in [0.25, 0.3) is 0 Å². The highest BCUT2D eigenvalue weighted by atomic mass is 16.5. The molecule has 0 saturated carbocycles. The van der Waals surface area contributed by atoms with Crippen LogP contribution in [0.5, 0.6) is 11.5 Å². The van der Waals surface area contributed by atoms with Gasteiger partial charge in [0.25, 0.3) is 0 Å². The predicted octanol–water partition coefficient (Wildman–Crippen LogP) is 3.18. The molecular weight excluding hydrogens is 302 g/mol. The number of anilines is 1. The molecule has 24 heavy (non-hydrogen) atoms. The van der Waals surface area contributed by atoms with E-state index in [4.69, 9.17) is 4.74 Å². The summed E-state index contributed by atoms with van der Waals surface area (Å²) < 4.78 is 5.40. The van der Waals surface area contributed by atoms with Gasteiger partial charge in [-0.15, -0.1) is 0 Å². The van der Waals surface area contributed by atoms with Crippen LogP contribution in [0.15, 0.2) is 36.4 Å². The summed E-state index contributed by atoms with van der Waals surface area (Å²) in [7, 11) is 1.70. The van der Waals surface area contributed by atoms with E-state index in [0.717, 1.165) is 48.8 Å². The van der Waals surface area contributed by atoms with Crippen molar-refractivity contribution in [3.63, 3.8) is 0 Å². The Balaban J connectivity index is 1.55. The van der Waals surface area contributed by atoms with Crippen molar-refractivity contribution in [2.24, 2.45) is 0 Å². The van der Waals surface area contributed by atoms with E-state index in [1.807, 2.05) is 31.2 Å². The van der Waals surface area contributed by atoms with Gasteiger partial charge in [-0.25, -0.2) is 0 Å². The molecule has 0 amide bonds. The van der Waals surface area contributed by atoms with E-state index in [1.54, 1.807) is 13.2 Å². The van der Waals surface area contributed by atoms with Crippen LogP contribution in [0.2, 0.25) is 0 Å². The van der Waals surface area contributed by atoms with E-state index in [9.17, 15) is 5.11 Å². The summed E-state index contributed by atoms with van der Waals surface area (Å²) in [4.78, 5) is 6.80. The lowest BCUT2D eigenvalue weighted by atomic mass is 10.0. The maximum Gasteiger partial charge on any atom is 0.141 e. The molecular formula is C19H25N3O2. The highest BCUT2D eigenvalue weighted by Gasteiger charge is 2.21. The first kappa shape index (κ1) is 16.6. The number of aromatic hydroxyl groups is 1. The second-order valence-corrected chi connectivity index (χ2v) is 6.31. The Hall–Kier alpha value is -2.27. The molecule has 0 spiro atoms. The summed E-state index contributed by atoms with van der Waals surface area (Å²) in [5.74, 6) is 1.17. The summed E-state index contributed by atoms with van der Waals surface area (Å²) in [5, 5.41) is 13.5. The van der Waals surface area contributed by atoms with Crippen LogP contribution in [-0.4, -0.2) is 41.2 Å². The molecule has 1 aromatic heterocycles. The Morgan fingerprint density at radius 1 is 1.21 bits per heavy atom. The van der Waals surface area contributed by atoms with Crippen molar-refractivity contribution < 1.29 is 9.84 Å². The summed E-state index contributed by atoms with van der Waals surface area (Å²) in [5.41, 5.74) is 2.76. The maximum atomic E-state index is 9.95. The highest BCUT2D eigenvalue weighted by Crippen LogP contribution is 2.26. The first-order chi connectivity index (χ1) is 11.7. The average molecular weight is 327 g/mol. The molecule has 0 aliphatic carbocycles. The minimum atomic E-state index is 0.287. The Morgan fingerprint density at radius 2 is 1.96 bits per heavy atom. The molecule has 2 aromatic rings. The van der Waals surface area contributed by atoms with Gasteiger partial charge in [0.15, 0.2) is 0 Å². The molecule has 128 valence electrons. The lowest BCUT2D eigenvalue weighted by molar-refractivity contribution is 0.206. The fourth-order valence-electron chi connectivity index (χ4n) is 3.15. The molecule has 1 aliphatic heterocycles. The Bertz CT molecular complexity index is 682. The second-order valence-electron chi connectivity index (χ2n) is 6.31. The molecule has 2 heterocycles. The van der Waals surface area contributed by atoms with Crippen molar-refractivity contribution >= 4 is 5.69 Å². The first-order valence-electron chi connectivity index (χ1n) is 8.43. The number of rotatable bonds is 5. The third-order valence-electron chi connectivity index (χ3n) is 4.52. The number of benzene rings is 1. The molecule has 0 radical (unpaired) electrons. The number of pyridine rings is 1. The van der Waals surface area contributed by atoms with Crippen molar-refractivity contribution in [1.29, 1.82) is 0 Å². The molecule has 3 rings (SSSR count). The Labute approximate surface area is 143 Å². The van der Waals surface area contributed by atoms with Crippen LogP contribution < -0.4 is 10.1 Å². The van der Waals surface area contributed by atoms with Crippen LogP contribution >= 0.6 is 0 Å². The number of aryl methyl sites for hydroxylation is 1. The zero-order valence-electron chi connectivity index (χ0n) is 14.3. The molecule has 1 aliphatic rings. The largest absolute Gasteiger partial charge is 0.506 e. The lowest BCUT2D eigenvalue weighted by Crippen LogP contribution is -2.38. The van der Waals surface area contributed by atoms with Gasteiger partial charge in [0, 0.05) is 31.4 Å². The van der Waals surface area contributed by atoms with Crippen LogP contribution in [0.1, 0.15) is 24.2 Å². The Kier molecular flexibility index (Phi) is 5.20. The standard InChI is InChI=1S/C19H25N3O2/c1-14-7-8-18(23)17(20-14)13-22-11-9-15(10-12-22)21-16-5-3-4-6-19(16)24-2/h3-8,15,21,23H,9-13H2,1-2H3. The fraction of sp³-hybridized carbons (Fsp3) is 0.421. The van der Waals surface area contributed by atoms with E-state index >= 15 is 0 Å². The first-order valence-corrected chi connectivity index (χ1v) is 8.43. The third kappa shape index (κ3) is 3.97. The SMILES string of the molecule is COc1ccccc1NC1CCN(Cc2nc(C)ccc2O)CC1. The number of nitrogens with one attached hydrogen (secondary N) is 1. The molecule has 5 nitrogen and oxygen atoms in total. The van der Waals surface area contributed by atoms with Gasteiger partial charge < -0.3 is 15.2 Å².